The van der Waals surface area contributed by atoms with Crippen LogP contribution in [0, 0.1) is 0 Å². The lowest BCUT2D eigenvalue weighted by Crippen LogP contribution is -2.26. The summed E-state index contributed by atoms with van der Waals surface area (Å²) in [5, 5.41) is 5.76. The fourth-order valence-electron chi connectivity index (χ4n) is 4.08. The molecule has 0 unspecified atom stereocenters. The van der Waals surface area contributed by atoms with Crippen LogP contribution in [0.15, 0.2) is 83.9 Å². The van der Waals surface area contributed by atoms with Gasteiger partial charge in [-0.05, 0) is 62.4 Å². The maximum atomic E-state index is 13.7. The molecule has 0 aliphatic carbocycles. The Morgan fingerprint density at radius 3 is 2.70 bits per heavy atom. The highest BCUT2D eigenvalue weighted by Crippen LogP contribution is 2.35. The van der Waals surface area contributed by atoms with Crippen molar-refractivity contribution in [2.24, 2.45) is 5.10 Å². The van der Waals surface area contributed by atoms with E-state index in [0.29, 0.717) is 38.0 Å². The van der Waals surface area contributed by atoms with E-state index in [1.165, 1.54) is 18.0 Å². The molecule has 0 radical (unpaired) electrons. The normalized spacial score (nSPS) is 12.2. The number of carbonyl (C=O) groups is 1. The Labute approximate surface area is 245 Å². The van der Waals surface area contributed by atoms with Gasteiger partial charge in [0.1, 0.15) is 5.58 Å². The van der Waals surface area contributed by atoms with Crippen LogP contribution < -0.4 is 15.0 Å². The predicted octanol–water partition coefficient (Wildman–Crippen LogP) is 6.56. The molecule has 0 fully saturated rings. The number of hydrogen-bond acceptors (Lipinski definition) is 8. The minimum atomic E-state index is -0.919. The zero-order valence-corrected chi connectivity index (χ0v) is 24.9. The van der Waals surface area contributed by atoms with Gasteiger partial charge >= 0.3 is 5.97 Å². The molecule has 40 heavy (non-hydrogen) atoms. The third-order valence-corrected chi connectivity index (χ3v) is 6.90. The fraction of sp³-hybridized carbons (Fsp3) is 0.172. The molecule has 0 N–H and O–H groups in total. The number of halogens is 2. The molecule has 9 nitrogen and oxygen atoms in total. The van der Waals surface area contributed by atoms with Gasteiger partial charge in [-0.1, -0.05) is 44.0 Å². The molecule has 5 aromatic rings. The molecule has 0 bridgehead atoms. The molecule has 11 heteroatoms. The number of fused-ring (bicyclic) bond motifs is 2. The number of ether oxygens (including phenoxy) is 3. The van der Waals surface area contributed by atoms with E-state index in [-0.39, 0.29) is 23.7 Å². The van der Waals surface area contributed by atoms with Gasteiger partial charge in [0.25, 0.3) is 5.56 Å². The molecule has 1 atom stereocenters. The summed E-state index contributed by atoms with van der Waals surface area (Å²) in [6, 6.07) is 17.9. The van der Waals surface area contributed by atoms with Crippen LogP contribution in [0.4, 0.5) is 0 Å². The van der Waals surface area contributed by atoms with E-state index in [2.05, 4.69) is 37.0 Å². The number of nitrogens with zero attached hydrogens (tertiary/aromatic N) is 3. The Hall–Kier alpha value is -3.96. The molecular formula is C29H23Br2N3O6. The molecular weight excluding hydrogens is 646 g/mol. The number of rotatable bonds is 8. The topological polar surface area (TPSA) is 105 Å². The maximum Gasteiger partial charge on any atom is 0.347 e. The van der Waals surface area contributed by atoms with Gasteiger partial charge in [-0.2, -0.15) is 9.78 Å². The van der Waals surface area contributed by atoms with E-state index in [1.54, 1.807) is 50.2 Å². The number of hydrogen-bond donors (Lipinski definition) is 0. The highest BCUT2D eigenvalue weighted by Gasteiger charge is 2.22. The summed E-state index contributed by atoms with van der Waals surface area (Å²) in [5.74, 6) is 0.680. The Morgan fingerprint density at radius 2 is 1.93 bits per heavy atom. The Kier molecular flexibility index (Phi) is 8.04. The average molecular weight is 669 g/mol. The van der Waals surface area contributed by atoms with E-state index < -0.39 is 12.1 Å². The van der Waals surface area contributed by atoms with Crippen molar-refractivity contribution in [1.29, 1.82) is 0 Å². The van der Waals surface area contributed by atoms with Crippen molar-refractivity contribution in [2.45, 2.75) is 20.0 Å². The van der Waals surface area contributed by atoms with Gasteiger partial charge in [0.2, 0.25) is 5.82 Å². The van der Waals surface area contributed by atoms with Crippen LogP contribution in [-0.2, 0) is 9.53 Å². The van der Waals surface area contributed by atoms with Gasteiger partial charge in [0, 0.05) is 19.9 Å². The highest BCUT2D eigenvalue weighted by molar-refractivity contribution is 9.10. The summed E-state index contributed by atoms with van der Waals surface area (Å²) < 4.78 is 25.4. The number of esters is 1. The molecule has 0 saturated carbocycles. The number of furan rings is 1. The highest BCUT2D eigenvalue weighted by atomic mass is 79.9. The number of aromatic nitrogens is 2. The van der Waals surface area contributed by atoms with Crippen molar-refractivity contribution in [1.82, 2.24) is 9.66 Å². The first kappa shape index (κ1) is 27.6. The second-order valence-electron chi connectivity index (χ2n) is 8.65. The van der Waals surface area contributed by atoms with E-state index >= 15 is 0 Å². The minimum Gasteiger partial charge on any atom is -0.493 e. The molecule has 204 valence electrons. The van der Waals surface area contributed by atoms with E-state index in [4.69, 9.17) is 23.6 Å². The minimum absolute atomic E-state index is 0.219. The summed E-state index contributed by atoms with van der Waals surface area (Å²) in [4.78, 5) is 30.7. The van der Waals surface area contributed by atoms with Gasteiger partial charge in [-0.15, -0.1) is 0 Å². The second-order valence-corrected chi connectivity index (χ2v) is 10.5. The Morgan fingerprint density at radius 1 is 1.12 bits per heavy atom. The number of methoxy groups -OCH3 is 1. The summed E-state index contributed by atoms with van der Waals surface area (Å²) in [7, 11) is 1.49. The predicted molar refractivity (Wildman–Crippen MR) is 159 cm³/mol. The van der Waals surface area contributed by atoms with Crippen LogP contribution in [-0.4, -0.2) is 41.7 Å². The number of carbonyl (C=O) groups excluding carboxylic acids is 1. The maximum absolute atomic E-state index is 13.7. The average Bonchev–Trinajstić information content (AvgIpc) is 3.36. The first-order valence-corrected chi connectivity index (χ1v) is 13.8. The summed E-state index contributed by atoms with van der Waals surface area (Å²) in [5.41, 5.74) is 1.20. The molecule has 0 saturated heterocycles. The second kappa shape index (κ2) is 11.6. The van der Waals surface area contributed by atoms with Gasteiger partial charge in [-0.3, -0.25) is 4.79 Å². The van der Waals surface area contributed by atoms with Crippen molar-refractivity contribution in [2.75, 3.05) is 13.7 Å². The van der Waals surface area contributed by atoms with Crippen molar-refractivity contribution in [3.8, 4) is 23.1 Å². The van der Waals surface area contributed by atoms with Crippen molar-refractivity contribution < 1.29 is 23.4 Å². The van der Waals surface area contributed by atoms with Crippen LogP contribution in [0.5, 0.6) is 11.5 Å². The summed E-state index contributed by atoms with van der Waals surface area (Å²) in [6.07, 6.45) is 0.527. The third-order valence-electron chi connectivity index (χ3n) is 5.95. The van der Waals surface area contributed by atoms with Crippen LogP contribution in [0.2, 0.25) is 0 Å². The van der Waals surface area contributed by atoms with Crippen LogP contribution in [0.1, 0.15) is 19.4 Å². The lowest BCUT2D eigenvalue weighted by molar-refractivity contribution is -0.150. The lowest BCUT2D eigenvalue weighted by Gasteiger charge is -2.18. The fourth-order valence-corrected chi connectivity index (χ4v) is 4.91. The molecule has 0 spiro atoms. The SMILES string of the molecule is CCOC(=O)[C@@H](C)Oc1c(C=Nn2c(-c3cc4cc(Br)ccc4o3)nc3ccccc3c2=O)cc(Br)cc1OC. The van der Waals surface area contributed by atoms with Gasteiger partial charge < -0.3 is 18.6 Å². The standard InChI is InChI=1S/C29H23Br2N3O6/c1-4-38-29(36)16(2)39-26-18(12-20(31)14-24(26)37-3)15-32-34-27(33-22-8-6-5-7-21(22)28(34)35)25-13-17-11-19(30)9-10-23(17)40-25/h5-16H,4H2,1-3H3/t16-/m1/s1. The van der Waals surface area contributed by atoms with Crippen molar-refractivity contribution in [3.05, 3.63) is 85.5 Å². The van der Waals surface area contributed by atoms with E-state index in [1.807, 2.05) is 24.3 Å². The Balaban J connectivity index is 1.67. The largest absolute Gasteiger partial charge is 0.493 e. The van der Waals surface area contributed by atoms with E-state index in [9.17, 15) is 9.59 Å². The van der Waals surface area contributed by atoms with Gasteiger partial charge in [0.15, 0.2) is 23.4 Å². The summed E-state index contributed by atoms with van der Waals surface area (Å²) >= 11 is 6.94. The zero-order valence-electron chi connectivity index (χ0n) is 21.7. The zero-order chi connectivity index (χ0) is 28.4. The molecule has 0 aliphatic rings. The first-order valence-electron chi connectivity index (χ1n) is 12.3. The smallest absolute Gasteiger partial charge is 0.347 e. The third kappa shape index (κ3) is 5.52. The van der Waals surface area contributed by atoms with Crippen LogP contribution >= 0.6 is 31.9 Å². The van der Waals surface area contributed by atoms with Crippen molar-refractivity contribution >= 4 is 65.9 Å². The molecule has 2 aromatic heterocycles. The molecule has 5 rings (SSSR count). The number of benzene rings is 3. The van der Waals surface area contributed by atoms with Crippen LogP contribution in [0.3, 0.4) is 0 Å². The Bertz CT molecular complexity index is 1830. The van der Waals surface area contributed by atoms with Crippen LogP contribution in [0.25, 0.3) is 33.5 Å². The number of para-hydroxylation sites is 1. The molecule has 3 aromatic carbocycles. The summed E-state index contributed by atoms with van der Waals surface area (Å²) in [6.45, 7) is 3.52. The lowest BCUT2D eigenvalue weighted by atomic mass is 10.2. The molecule has 0 amide bonds. The quantitative estimate of drug-likeness (QED) is 0.136. The first-order chi connectivity index (χ1) is 19.3. The van der Waals surface area contributed by atoms with Crippen molar-refractivity contribution in [3.63, 3.8) is 0 Å². The van der Waals surface area contributed by atoms with Gasteiger partial charge in [0.05, 0.1) is 30.8 Å². The molecule has 0 aliphatic heterocycles. The molecule has 2 heterocycles. The monoisotopic (exact) mass is 667 g/mol. The van der Waals surface area contributed by atoms with E-state index in [0.717, 1.165) is 9.86 Å². The van der Waals surface area contributed by atoms with Gasteiger partial charge in [-0.25, -0.2) is 9.78 Å².